The van der Waals surface area contributed by atoms with E-state index in [1.807, 2.05) is 20.1 Å². The first-order chi connectivity index (χ1) is 8.67. The van der Waals surface area contributed by atoms with Crippen molar-refractivity contribution in [3.63, 3.8) is 0 Å². The van der Waals surface area contributed by atoms with Gasteiger partial charge in [-0.2, -0.15) is 0 Å². The molecule has 0 aliphatic heterocycles. The number of rotatable bonds is 8. The minimum atomic E-state index is -0.0561. The molecular formula is C12H21N3O2S. The maximum absolute atomic E-state index is 9.21. The lowest BCUT2D eigenvalue weighted by atomic mass is 10.3. The van der Waals surface area contributed by atoms with Gasteiger partial charge in [-0.25, -0.2) is 9.97 Å². The fourth-order valence-corrected chi connectivity index (χ4v) is 1.70. The third-order valence-electron chi connectivity index (χ3n) is 2.26. The SMILES string of the molecule is CSc1ncc(CO)c(NCCCOC(C)C)n1. The van der Waals surface area contributed by atoms with Crippen LogP contribution in [0.5, 0.6) is 0 Å². The van der Waals surface area contributed by atoms with Crippen molar-refractivity contribution in [2.45, 2.75) is 38.1 Å². The molecule has 0 saturated carbocycles. The molecule has 18 heavy (non-hydrogen) atoms. The molecule has 0 fully saturated rings. The molecule has 0 saturated heterocycles. The summed E-state index contributed by atoms with van der Waals surface area (Å²) in [4.78, 5) is 8.46. The van der Waals surface area contributed by atoms with Crippen molar-refractivity contribution < 1.29 is 9.84 Å². The van der Waals surface area contributed by atoms with Crippen LogP contribution in [0.25, 0.3) is 0 Å². The quantitative estimate of drug-likeness (QED) is 0.428. The summed E-state index contributed by atoms with van der Waals surface area (Å²) in [6.45, 7) is 5.47. The van der Waals surface area contributed by atoms with Crippen LogP contribution in [0.3, 0.4) is 0 Å². The molecule has 0 amide bonds. The van der Waals surface area contributed by atoms with Crippen molar-refractivity contribution in [3.8, 4) is 0 Å². The second kappa shape index (κ2) is 8.29. The first-order valence-electron chi connectivity index (χ1n) is 6.03. The van der Waals surface area contributed by atoms with E-state index in [4.69, 9.17) is 4.74 Å². The van der Waals surface area contributed by atoms with Gasteiger partial charge in [-0.05, 0) is 26.5 Å². The van der Waals surface area contributed by atoms with Crippen LogP contribution in [-0.2, 0) is 11.3 Å². The lowest BCUT2D eigenvalue weighted by Gasteiger charge is -2.11. The standard InChI is InChI=1S/C12H21N3O2S/c1-9(2)17-6-4-5-13-11-10(8-16)7-14-12(15-11)18-3/h7,9,16H,4-6,8H2,1-3H3,(H,13,14,15). The van der Waals surface area contributed by atoms with Crippen molar-refractivity contribution in [1.29, 1.82) is 0 Å². The Morgan fingerprint density at radius 2 is 2.28 bits per heavy atom. The minimum absolute atomic E-state index is 0.0561. The monoisotopic (exact) mass is 271 g/mol. The van der Waals surface area contributed by atoms with Gasteiger partial charge in [0.1, 0.15) is 5.82 Å². The molecule has 5 nitrogen and oxygen atoms in total. The fraction of sp³-hybridized carbons (Fsp3) is 0.667. The molecule has 1 aromatic heterocycles. The highest BCUT2D eigenvalue weighted by Crippen LogP contribution is 2.16. The Kier molecular flexibility index (Phi) is 7.00. The molecular weight excluding hydrogens is 250 g/mol. The zero-order valence-electron chi connectivity index (χ0n) is 11.1. The zero-order valence-corrected chi connectivity index (χ0v) is 12.0. The molecule has 0 unspecified atom stereocenters. The number of anilines is 1. The largest absolute Gasteiger partial charge is 0.391 e. The third kappa shape index (κ3) is 5.20. The van der Waals surface area contributed by atoms with Crippen molar-refractivity contribution in [3.05, 3.63) is 11.8 Å². The molecule has 0 aromatic carbocycles. The lowest BCUT2D eigenvalue weighted by Crippen LogP contribution is -2.11. The van der Waals surface area contributed by atoms with Gasteiger partial charge in [0.05, 0.1) is 12.7 Å². The van der Waals surface area contributed by atoms with Crippen LogP contribution >= 0.6 is 11.8 Å². The highest BCUT2D eigenvalue weighted by atomic mass is 32.2. The molecule has 0 atom stereocenters. The highest BCUT2D eigenvalue weighted by molar-refractivity contribution is 7.98. The van der Waals surface area contributed by atoms with E-state index < -0.39 is 0 Å². The summed E-state index contributed by atoms with van der Waals surface area (Å²) in [5.41, 5.74) is 0.720. The molecule has 0 spiro atoms. The molecule has 0 radical (unpaired) electrons. The van der Waals surface area contributed by atoms with Crippen molar-refractivity contribution in [2.75, 3.05) is 24.7 Å². The number of ether oxygens (including phenoxy) is 1. The fourth-order valence-electron chi connectivity index (χ4n) is 1.36. The van der Waals surface area contributed by atoms with E-state index in [9.17, 15) is 5.11 Å². The van der Waals surface area contributed by atoms with Gasteiger partial charge >= 0.3 is 0 Å². The van der Waals surface area contributed by atoms with Gasteiger partial charge in [-0.3, -0.25) is 0 Å². The number of hydrogen-bond donors (Lipinski definition) is 2. The highest BCUT2D eigenvalue weighted by Gasteiger charge is 2.05. The maximum atomic E-state index is 9.21. The summed E-state index contributed by atoms with van der Waals surface area (Å²) in [5.74, 6) is 0.710. The summed E-state index contributed by atoms with van der Waals surface area (Å²) in [7, 11) is 0. The number of nitrogens with zero attached hydrogens (tertiary/aromatic N) is 2. The Balaban J connectivity index is 2.44. The molecule has 1 heterocycles. The van der Waals surface area contributed by atoms with Gasteiger partial charge in [0.15, 0.2) is 5.16 Å². The molecule has 2 N–H and O–H groups in total. The van der Waals surface area contributed by atoms with Crippen LogP contribution in [0.15, 0.2) is 11.4 Å². The number of aliphatic hydroxyl groups excluding tert-OH is 1. The van der Waals surface area contributed by atoms with Gasteiger partial charge in [-0.15, -0.1) is 0 Å². The second-order valence-corrected chi connectivity index (χ2v) is 4.86. The Morgan fingerprint density at radius 3 is 2.89 bits per heavy atom. The van der Waals surface area contributed by atoms with E-state index in [0.717, 1.165) is 25.1 Å². The molecule has 0 aliphatic rings. The number of thioether (sulfide) groups is 1. The van der Waals surface area contributed by atoms with Gasteiger partial charge in [0.2, 0.25) is 0 Å². The average molecular weight is 271 g/mol. The van der Waals surface area contributed by atoms with E-state index in [-0.39, 0.29) is 12.7 Å². The average Bonchev–Trinajstić information content (AvgIpc) is 2.37. The van der Waals surface area contributed by atoms with Crippen LogP contribution in [0.1, 0.15) is 25.8 Å². The van der Waals surface area contributed by atoms with Crippen LogP contribution in [0, 0.1) is 0 Å². The molecule has 1 aromatic rings. The topological polar surface area (TPSA) is 67.3 Å². The Hall–Kier alpha value is -0.850. The number of aromatic nitrogens is 2. The predicted molar refractivity (Wildman–Crippen MR) is 73.9 cm³/mol. The van der Waals surface area contributed by atoms with E-state index in [1.165, 1.54) is 11.8 Å². The van der Waals surface area contributed by atoms with Gasteiger partial charge in [0.25, 0.3) is 0 Å². The van der Waals surface area contributed by atoms with E-state index in [1.54, 1.807) is 6.20 Å². The van der Waals surface area contributed by atoms with Gasteiger partial charge < -0.3 is 15.2 Å². The van der Waals surface area contributed by atoms with Crippen molar-refractivity contribution >= 4 is 17.6 Å². The van der Waals surface area contributed by atoms with Crippen molar-refractivity contribution in [2.24, 2.45) is 0 Å². The first kappa shape index (κ1) is 15.2. The Morgan fingerprint density at radius 1 is 1.50 bits per heavy atom. The zero-order chi connectivity index (χ0) is 13.4. The molecule has 6 heteroatoms. The van der Waals surface area contributed by atoms with Gasteiger partial charge in [0, 0.05) is 24.9 Å². The van der Waals surface area contributed by atoms with Crippen LogP contribution in [0.2, 0.25) is 0 Å². The Bertz CT molecular complexity index is 361. The summed E-state index contributed by atoms with van der Waals surface area (Å²) in [6.07, 6.45) is 4.75. The predicted octanol–water partition coefficient (Wildman–Crippen LogP) is 1.92. The third-order valence-corrected chi connectivity index (χ3v) is 2.82. The summed E-state index contributed by atoms with van der Waals surface area (Å²) in [5, 5.41) is 13.1. The lowest BCUT2D eigenvalue weighted by molar-refractivity contribution is 0.0787. The van der Waals surface area contributed by atoms with Crippen LogP contribution in [0.4, 0.5) is 5.82 Å². The van der Waals surface area contributed by atoms with E-state index in [0.29, 0.717) is 11.0 Å². The summed E-state index contributed by atoms with van der Waals surface area (Å²) in [6, 6.07) is 0. The number of nitrogens with one attached hydrogen (secondary N) is 1. The van der Waals surface area contributed by atoms with Crippen LogP contribution in [-0.4, -0.2) is 40.6 Å². The molecule has 0 bridgehead atoms. The summed E-state index contributed by atoms with van der Waals surface area (Å²) < 4.78 is 5.45. The Labute approximate surface area is 112 Å². The minimum Gasteiger partial charge on any atom is -0.391 e. The van der Waals surface area contributed by atoms with E-state index in [2.05, 4.69) is 15.3 Å². The van der Waals surface area contributed by atoms with E-state index >= 15 is 0 Å². The molecule has 1 rings (SSSR count). The second-order valence-electron chi connectivity index (χ2n) is 4.09. The maximum Gasteiger partial charge on any atom is 0.189 e. The summed E-state index contributed by atoms with van der Waals surface area (Å²) >= 11 is 1.48. The van der Waals surface area contributed by atoms with Crippen molar-refractivity contribution in [1.82, 2.24) is 9.97 Å². The molecule has 102 valence electrons. The van der Waals surface area contributed by atoms with Gasteiger partial charge in [-0.1, -0.05) is 11.8 Å². The molecule has 0 aliphatic carbocycles. The number of hydrogen-bond acceptors (Lipinski definition) is 6. The smallest absolute Gasteiger partial charge is 0.189 e. The first-order valence-corrected chi connectivity index (χ1v) is 7.26. The van der Waals surface area contributed by atoms with Crippen LogP contribution < -0.4 is 5.32 Å². The number of aliphatic hydroxyl groups is 1. The normalized spacial score (nSPS) is 10.9.